The van der Waals surface area contributed by atoms with Gasteiger partial charge in [0.1, 0.15) is 5.82 Å². The molecule has 0 atom stereocenters. The Bertz CT molecular complexity index is 646. The fourth-order valence-corrected chi connectivity index (χ4v) is 2.26. The number of nitrogens with zero attached hydrogens (tertiary/aromatic N) is 2. The first-order valence-corrected chi connectivity index (χ1v) is 6.36. The maximum Gasteiger partial charge on any atom is 0.157 e. The van der Waals surface area contributed by atoms with Crippen LogP contribution in [0, 0.1) is 12.1 Å². The Morgan fingerprint density at radius 3 is 2.81 bits per heavy atom. The van der Waals surface area contributed by atoms with Crippen LogP contribution in [0.5, 0.6) is 0 Å². The molecule has 1 radical (unpaired) electrons. The Morgan fingerprint density at radius 1 is 1.50 bits per heavy atom. The molecule has 6 heteroatoms. The minimum atomic E-state index is -3.42. The van der Waals surface area contributed by atoms with Crippen LogP contribution in [-0.4, -0.2) is 18.2 Å². The van der Waals surface area contributed by atoms with Crippen LogP contribution in [0.3, 0.4) is 0 Å². The van der Waals surface area contributed by atoms with Crippen LogP contribution in [0.1, 0.15) is 5.69 Å². The summed E-state index contributed by atoms with van der Waals surface area (Å²) in [4.78, 5) is 0. The summed E-state index contributed by atoms with van der Waals surface area (Å²) >= 11 is 0. The van der Waals surface area contributed by atoms with Gasteiger partial charge in [-0.2, -0.15) is 5.10 Å². The van der Waals surface area contributed by atoms with Crippen molar-refractivity contribution in [1.29, 1.82) is 0 Å². The molecule has 0 amide bonds. The van der Waals surface area contributed by atoms with E-state index in [1.807, 2.05) is 0 Å². The Labute approximate surface area is 92.6 Å². The van der Waals surface area contributed by atoms with Crippen LogP contribution in [0.15, 0.2) is 18.2 Å². The second kappa shape index (κ2) is 3.55. The molecule has 1 aromatic carbocycles. The quantitative estimate of drug-likeness (QED) is 0.799. The van der Waals surface area contributed by atoms with Crippen LogP contribution in [0.4, 0.5) is 4.39 Å². The van der Waals surface area contributed by atoms with Gasteiger partial charge in [-0.15, -0.1) is 0 Å². The molecule has 0 aliphatic heterocycles. The highest BCUT2D eigenvalue weighted by atomic mass is 32.2. The molecule has 2 rings (SSSR count). The number of fused-ring (bicyclic) bond motifs is 1. The maximum atomic E-state index is 13.1. The molecule has 0 spiro atoms. The molecule has 0 fully saturated rings. The van der Waals surface area contributed by atoms with E-state index >= 15 is 0 Å². The van der Waals surface area contributed by atoms with Crippen molar-refractivity contribution in [2.75, 3.05) is 0 Å². The third-order valence-corrected chi connectivity index (χ3v) is 2.96. The SMILES string of the molecule is [CH2]S(=O)(=O)Cc1nn(C)c2ccc(F)cc12. The van der Waals surface area contributed by atoms with Gasteiger partial charge >= 0.3 is 0 Å². The summed E-state index contributed by atoms with van der Waals surface area (Å²) in [7, 11) is -1.74. The van der Waals surface area contributed by atoms with Gasteiger partial charge in [0.15, 0.2) is 9.84 Å². The normalized spacial score (nSPS) is 12.2. The third kappa shape index (κ3) is 2.06. The van der Waals surface area contributed by atoms with Crippen molar-refractivity contribution in [1.82, 2.24) is 9.78 Å². The first kappa shape index (κ1) is 11.1. The number of sulfone groups is 1. The average Bonchev–Trinajstić information content (AvgIpc) is 2.40. The largest absolute Gasteiger partial charge is 0.268 e. The molecule has 0 bridgehead atoms. The zero-order chi connectivity index (χ0) is 11.9. The number of rotatable bonds is 2. The first-order chi connectivity index (χ1) is 7.37. The molecule has 16 heavy (non-hydrogen) atoms. The zero-order valence-corrected chi connectivity index (χ0v) is 9.46. The van der Waals surface area contributed by atoms with Crippen LogP contribution in [-0.2, 0) is 22.6 Å². The summed E-state index contributed by atoms with van der Waals surface area (Å²) in [6.07, 6.45) is 3.03. The van der Waals surface area contributed by atoms with Crippen molar-refractivity contribution in [3.05, 3.63) is 36.0 Å². The molecule has 1 heterocycles. The number of halogens is 1. The van der Waals surface area contributed by atoms with E-state index in [0.717, 1.165) is 0 Å². The Balaban J connectivity index is 2.66. The van der Waals surface area contributed by atoms with E-state index in [2.05, 4.69) is 11.4 Å². The first-order valence-electron chi connectivity index (χ1n) is 4.54. The molecule has 0 aliphatic rings. The van der Waals surface area contributed by atoms with Crippen LogP contribution in [0.2, 0.25) is 0 Å². The van der Waals surface area contributed by atoms with Gasteiger partial charge in [-0.05, 0) is 18.2 Å². The van der Waals surface area contributed by atoms with Crippen molar-refractivity contribution in [3.63, 3.8) is 0 Å². The average molecular weight is 241 g/mol. The topological polar surface area (TPSA) is 52.0 Å². The fraction of sp³-hybridized carbons (Fsp3) is 0.200. The van der Waals surface area contributed by atoms with Crippen molar-refractivity contribution in [2.24, 2.45) is 7.05 Å². The molecule has 0 unspecified atom stereocenters. The lowest BCUT2D eigenvalue weighted by Gasteiger charge is -1.95. The molecule has 0 saturated heterocycles. The number of benzene rings is 1. The highest BCUT2D eigenvalue weighted by Crippen LogP contribution is 2.20. The standard InChI is InChI=1S/C10H10FN2O2S/c1-13-10-4-3-7(11)5-8(10)9(12-13)6-16(2,14)15/h3-5H,2,6H2,1H3. The van der Waals surface area contributed by atoms with Crippen LogP contribution in [0.25, 0.3) is 10.9 Å². The lowest BCUT2D eigenvalue weighted by atomic mass is 10.2. The van der Waals surface area contributed by atoms with E-state index in [9.17, 15) is 12.8 Å². The third-order valence-electron chi connectivity index (χ3n) is 2.25. The predicted octanol–water partition coefficient (Wildman–Crippen LogP) is 1.42. The molecule has 1 aromatic heterocycles. The lowest BCUT2D eigenvalue weighted by molar-refractivity contribution is 0.602. The summed E-state index contributed by atoms with van der Waals surface area (Å²) in [6.45, 7) is 0. The number of hydrogen-bond donors (Lipinski definition) is 0. The van der Waals surface area contributed by atoms with E-state index < -0.39 is 15.7 Å². The van der Waals surface area contributed by atoms with Crippen molar-refractivity contribution >= 4 is 20.7 Å². The summed E-state index contributed by atoms with van der Waals surface area (Å²) in [5.41, 5.74) is 1.02. The van der Waals surface area contributed by atoms with Crippen molar-refractivity contribution < 1.29 is 12.8 Å². The van der Waals surface area contributed by atoms with E-state index in [4.69, 9.17) is 0 Å². The molecule has 0 saturated carbocycles. The van der Waals surface area contributed by atoms with Crippen molar-refractivity contribution in [2.45, 2.75) is 5.75 Å². The molecule has 0 N–H and O–H groups in total. The van der Waals surface area contributed by atoms with Gasteiger partial charge in [-0.1, -0.05) is 0 Å². The Hall–Kier alpha value is -1.43. The molecular weight excluding hydrogens is 231 g/mol. The highest BCUT2D eigenvalue weighted by Gasteiger charge is 2.14. The summed E-state index contributed by atoms with van der Waals surface area (Å²) in [6, 6.07) is 4.16. The lowest BCUT2D eigenvalue weighted by Crippen LogP contribution is -2.00. The van der Waals surface area contributed by atoms with Crippen LogP contribution >= 0.6 is 0 Å². The Morgan fingerprint density at radius 2 is 2.19 bits per heavy atom. The second-order valence-electron chi connectivity index (χ2n) is 3.62. The van der Waals surface area contributed by atoms with E-state index in [0.29, 0.717) is 16.6 Å². The minimum absolute atomic E-state index is 0.284. The van der Waals surface area contributed by atoms with E-state index in [-0.39, 0.29) is 5.75 Å². The van der Waals surface area contributed by atoms with Gasteiger partial charge in [0, 0.05) is 12.4 Å². The van der Waals surface area contributed by atoms with Gasteiger partial charge in [-0.25, -0.2) is 12.8 Å². The van der Waals surface area contributed by atoms with Crippen LogP contribution < -0.4 is 0 Å². The smallest absolute Gasteiger partial charge is 0.157 e. The van der Waals surface area contributed by atoms with E-state index in [1.54, 1.807) is 13.1 Å². The van der Waals surface area contributed by atoms with Gasteiger partial charge in [0.05, 0.1) is 23.2 Å². The predicted molar refractivity (Wildman–Crippen MR) is 58.7 cm³/mol. The Kier molecular flexibility index (Phi) is 2.46. The summed E-state index contributed by atoms with van der Waals surface area (Å²) in [5.74, 6) is -0.698. The highest BCUT2D eigenvalue weighted by molar-refractivity contribution is 7.91. The van der Waals surface area contributed by atoms with Crippen molar-refractivity contribution in [3.8, 4) is 0 Å². The number of hydrogen-bond acceptors (Lipinski definition) is 3. The fourth-order valence-electron chi connectivity index (χ4n) is 1.63. The maximum absolute atomic E-state index is 13.1. The molecule has 85 valence electrons. The second-order valence-corrected chi connectivity index (χ2v) is 5.40. The monoisotopic (exact) mass is 241 g/mol. The summed E-state index contributed by atoms with van der Waals surface area (Å²) < 4.78 is 36.7. The molecule has 4 nitrogen and oxygen atoms in total. The van der Waals surface area contributed by atoms with E-state index in [1.165, 1.54) is 16.8 Å². The molecule has 2 aromatic rings. The number of aromatic nitrogens is 2. The van der Waals surface area contributed by atoms with Gasteiger partial charge in [-0.3, -0.25) is 4.68 Å². The van der Waals surface area contributed by atoms with Gasteiger partial charge in [0.2, 0.25) is 0 Å². The molecular formula is C10H10FN2O2S. The zero-order valence-electron chi connectivity index (χ0n) is 8.64. The van der Waals surface area contributed by atoms with Gasteiger partial charge < -0.3 is 0 Å². The van der Waals surface area contributed by atoms with Gasteiger partial charge in [0.25, 0.3) is 0 Å². The minimum Gasteiger partial charge on any atom is -0.268 e. The summed E-state index contributed by atoms with van der Waals surface area (Å²) in [5, 5.41) is 4.56. The number of aryl methyl sites for hydroxylation is 1. The molecule has 0 aliphatic carbocycles.